The molecule has 2 N–H and O–H groups in total. The van der Waals surface area contributed by atoms with Crippen LogP contribution in [0.5, 0.6) is 0 Å². The molecule has 1 aromatic heterocycles. The van der Waals surface area contributed by atoms with Crippen molar-refractivity contribution in [3.63, 3.8) is 0 Å². The van der Waals surface area contributed by atoms with Crippen molar-refractivity contribution in [2.75, 3.05) is 5.32 Å². The highest BCUT2D eigenvalue weighted by molar-refractivity contribution is 5.82. The molecule has 0 aromatic carbocycles. The lowest BCUT2D eigenvalue weighted by Crippen LogP contribution is -2.49. The number of carboxylic acid groups (broad SMARTS) is 1. The average molecular weight is 263 g/mol. The van der Waals surface area contributed by atoms with E-state index in [1.807, 2.05) is 6.92 Å². The van der Waals surface area contributed by atoms with E-state index in [0.717, 1.165) is 25.0 Å². The Morgan fingerprint density at radius 3 is 2.74 bits per heavy atom. The Labute approximate surface area is 113 Å². The first kappa shape index (κ1) is 13.8. The number of aromatic nitrogens is 2. The van der Waals surface area contributed by atoms with Crippen LogP contribution < -0.4 is 5.32 Å². The first-order chi connectivity index (χ1) is 9.05. The number of rotatable bonds is 4. The van der Waals surface area contributed by atoms with E-state index in [1.165, 1.54) is 0 Å². The Bertz CT molecular complexity index is 454. The van der Waals surface area contributed by atoms with E-state index in [9.17, 15) is 9.90 Å². The lowest BCUT2D eigenvalue weighted by atomic mass is 9.75. The van der Waals surface area contributed by atoms with E-state index in [0.29, 0.717) is 24.7 Å². The maximum Gasteiger partial charge on any atom is 0.329 e. The van der Waals surface area contributed by atoms with Crippen molar-refractivity contribution >= 4 is 11.9 Å². The molecule has 5 nitrogen and oxygen atoms in total. The molecule has 0 saturated heterocycles. The number of carboxylic acids is 1. The van der Waals surface area contributed by atoms with Crippen molar-refractivity contribution in [2.45, 2.75) is 51.5 Å². The minimum Gasteiger partial charge on any atom is -0.480 e. The van der Waals surface area contributed by atoms with E-state index in [4.69, 9.17) is 0 Å². The minimum atomic E-state index is -0.903. The quantitative estimate of drug-likeness (QED) is 0.873. The van der Waals surface area contributed by atoms with Gasteiger partial charge in [-0.25, -0.2) is 14.8 Å². The molecule has 1 heterocycles. The number of aryl methyl sites for hydroxylation is 1. The lowest BCUT2D eigenvalue weighted by molar-refractivity contribution is -0.143. The third-order valence-corrected chi connectivity index (χ3v) is 4.09. The van der Waals surface area contributed by atoms with Gasteiger partial charge in [0.2, 0.25) is 5.95 Å². The van der Waals surface area contributed by atoms with E-state index < -0.39 is 11.5 Å². The molecule has 0 bridgehead atoms. The van der Waals surface area contributed by atoms with Crippen molar-refractivity contribution < 1.29 is 9.90 Å². The molecule has 1 saturated carbocycles. The second-order valence-corrected chi connectivity index (χ2v) is 5.39. The first-order valence-corrected chi connectivity index (χ1v) is 6.87. The van der Waals surface area contributed by atoms with Gasteiger partial charge in [-0.3, -0.25) is 0 Å². The van der Waals surface area contributed by atoms with Gasteiger partial charge >= 0.3 is 5.97 Å². The van der Waals surface area contributed by atoms with E-state index >= 15 is 0 Å². The first-order valence-electron chi connectivity index (χ1n) is 6.87. The Morgan fingerprint density at radius 1 is 1.53 bits per heavy atom. The van der Waals surface area contributed by atoms with Crippen LogP contribution in [0, 0.1) is 12.8 Å². The molecular formula is C14H21N3O2. The smallest absolute Gasteiger partial charge is 0.329 e. The summed E-state index contributed by atoms with van der Waals surface area (Å²) in [6, 6.07) is 1.80. The predicted molar refractivity (Wildman–Crippen MR) is 73.0 cm³/mol. The molecule has 0 spiro atoms. The fourth-order valence-electron chi connectivity index (χ4n) is 2.69. The summed E-state index contributed by atoms with van der Waals surface area (Å²) in [7, 11) is 0. The van der Waals surface area contributed by atoms with E-state index in [1.54, 1.807) is 12.3 Å². The van der Waals surface area contributed by atoms with Crippen LogP contribution >= 0.6 is 0 Å². The van der Waals surface area contributed by atoms with Crippen LogP contribution in [-0.4, -0.2) is 26.6 Å². The molecule has 1 aliphatic carbocycles. The topological polar surface area (TPSA) is 75.1 Å². The van der Waals surface area contributed by atoms with Gasteiger partial charge in [-0.1, -0.05) is 13.3 Å². The van der Waals surface area contributed by atoms with E-state index in [2.05, 4.69) is 22.2 Å². The standard InChI is InChI=1S/C14H21N3O2/c1-3-11-4-7-14(8-5-11,12(18)19)17-13-15-9-6-10(2)16-13/h6,9,11H,3-5,7-8H2,1-2H3,(H,18,19)(H,15,16,17). The highest BCUT2D eigenvalue weighted by Gasteiger charge is 2.42. The Morgan fingerprint density at radius 2 is 2.21 bits per heavy atom. The summed E-state index contributed by atoms with van der Waals surface area (Å²) in [5.74, 6) is 0.261. The molecule has 1 fully saturated rings. The molecule has 19 heavy (non-hydrogen) atoms. The fourth-order valence-corrected chi connectivity index (χ4v) is 2.69. The van der Waals surface area contributed by atoms with Crippen LogP contribution in [0.1, 0.15) is 44.7 Å². The van der Waals surface area contributed by atoms with Gasteiger partial charge in [-0.05, 0) is 44.6 Å². The zero-order chi connectivity index (χ0) is 13.9. The molecule has 0 amide bonds. The van der Waals surface area contributed by atoms with Crippen LogP contribution in [0.25, 0.3) is 0 Å². The van der Waals surface area contributed by atoms with Gasteiger partial charge in [0.15, 0.2) is 0 Å². The molecule has 0 radical (unpaired) electrons. The van der Waals surface area contributed by atoms with Crippen LogP contribution in [0.15, 0.2) is 12.3 Å². The van der Waals surface area contributed by atoms with Gasteiger partial charge in [-0.15, -0.1) is 0 Å². The van der Waals surface area contributed by atoms with Crippen LogP contribution in [0.4, 0.5) is 5.95 Å². The third-order valence-electron chi connectivity index (χ3n) is 4.09. The van der Waals surface area contributed by atoms with Gasteiger partial charge in [0, 0.05) is 11.9 Å². The number of carbonyl (C=O) groups is 1. The number of anilines is 1. The van der Waals surface area contributed by atoms with Crippen molar-refractivity contribution in [1.29, 1.82) is 0 Å². The summed E-state index contributed by atoms with van der Waals surface area (Å²) in [6.07, 6.45) is 5.94. The van der Waals surface area contributed by atoms with Crippen molar-refractivity contribution in [2.24, 2.45) is 5.92 Å². The molecule has 0 unspecified atom stereocenters. The number of nitrogens with one attached hydrogen (secondary N) is 1. The van der Waals surface area contributed by atoms with Crippen molar-refractivity contribution in [3.8, 4) is 0 Å². The van der Waals surface area contributed by atoms with Gasteiger partial charge in [0.25, 0.3) is 0 Å². The third kappa shape index (κ3) is 3.03. The molecule has 1 aliphatic rings. The molecule has 1 aromatic rings. The van der Waals surface area contributed by atoms with Gasteiger partial charge in [-0.2, -0.15) is 0 Å². The summed E-state index contributed by atoms with van der Waals surface area (Å²) in [5.41, 5.74) is -0.0697. The predicted octanol–water partition coefficient (Wildman–Crippen LogP) is 2.62. The van der Waals surface area contributed by atoms with Crippen molar-refractivity contribution in [3.05, 3.63) is 18.0 Å². The molecule has 0 atom stereocenters. The summed E-state index contributed by atoms with van der Waals surface area (Å²) in [4.78, 5) is 20.0. The van der Waals surface area contributed by atoms with Gasteiger partial charge < -0.3 is 10.4 Å². The normalized spacial score (nSPS) is 26.9. The zero-order valence-corrected chi connectivity index (χ0v) is 11.5. The Balaban J connectivity index is 2.15. The molecule has 0 aliphatic heterocycles. The highest BCUT2D eigenvalue weighted by Crippen LogP contribution is 2.35. The monoisotopic (exact) mass is 263 g/mol. The lowest BCUT2D eigenvalue weighted by Gasteiger charge is -2.37. The summed E-state index contributed by atoms with van der Waals surface area (Å²) in [6.45, 7) is 4.03. The average Bonchev–Trinajstić information content (AvgIpc) is 2.39. The largest absolute Gasteiger partial charge is 0.480 e. The maximum absolute atomic E-state index is 11.6. The minimum absolute atomic E-state index is 0.414. The Hall–Kier alpha value is -1.65. The summed E-state index contributed by atoms with van der Waals surface area (Å²) < 4.78 is 0. The summed E-state index contributed by atoms with van der Waals surface area (Å²) in [5, 5.41) is 12.6. The SMILES string of the molecule is CCC1CCC(Nc2nccc(C)n2)(C(=O)O)CC1. The number of aliphatic carboxylic acids is 1. The van der Waals surface area contributed by atoms with Crippen molar-refractivity contribution in [1.82, 2.24) is 9.97 Å². The van der Waals surface area contributed by atoms with Crippen LogP contribution in [-0.2, 0) is 4.79 Å². The number of nitrogens with zero attached hydrogens (tertiary/aromatic N) is 2. The van der Waals surface area contributed by atoms with Crippen LogP contribution in [0.3, 0.4) is 0 Å². The second-order valence-electron chi connectivity index (χ2n) is 5.39. The molecule has 5 heteroatoms. The zero-order valence-electron chi connectivity index (χ0n) is 11.5. The molecule has 2 rings (SSSR count). The second kappa shape index (κ2) is 5.55. The number of hydrogen-bond donors (Lipinski definition) is 2. The van der Waals surface area contributed by atoms with Crippen LogP contribution in [0.2, 0.25) is 0 Å². The highest BCUT2D eigenvalue weighted by atomic mass is 16.4. The summed E-state index contributed by atoms with van der Waals surface area (Å²) >= 11 is 0. The fraction of sp³-hybridized carbons (Fsp3) is 0.643. The van der Waals surface area contributed by atoms with Gasteiger partial charge in [0.1, 0.15) is 5.54 Å². The Kier molecular flexibility index (Phi) is 4.02. The molecule has 104 valence electrons. The molecular weight excluding hydrogens is 242 g/mol. The van der Waals surface area contributed by atoms with E-state index in [-0.39, 0.29) is 0 Å². The van der Waals surface area contributed by atoms with Gasteiger partial charge in [0.05, 0.1) is 0 Å². The number of hydrogen-bond acceptors (Lipinski definition) is 4. The maximum atomic E-state index is 11.6.